The van der Waals surface area contributed by atoms with Gasteiger partial charge < -0.3 is 15.0 Å². The van der Waals surface area contributed by atoms with E-state index in [0.717, 1.165) is 17.3 Å². The van der Waals surface area contributed by atoms with Crippen molar-refractivity contribution in [2.24, 2.45) is 4.99 Å². The van der Waals surface area contributed by atoms with Crippen LogP contribution in [-0.2, 0) is 6.54 Å². The zero-order valence-electron chi connectivity index (χ0n) is 13.9. The molecule has 6 heteroatoms. The van der Waals surface area contributed by atoms with E-state index in [2.05, 4.69) is 44.2 Å². The summed E-state index contributed by atoms with van der Waals surface area (Å²) in [5.41, 5.74) is 3.22. The number of fused-ring (bicyclic) bond motifs is 1. The van der Waals surface area contributed by atoms with E-state index in [1.165, 1.54) is 37.8 Å². The van der Waals surface area contributed by atoms with Gasteiger partial charge >= 0.3 is 0 Å². The maximum Gasteiger partial charge on any atom is 0.191 e. The molecular weight excluding hydrogens is 401 g/mol. The van der Waals surface area contributed by atoms with Crippen molar-refractivity contribution in [2.75, 3.05) is 7.05 Å². The van der Waals surface area contributed by atoms with E-state index in [1.807, 2.05) is 19.2 Å². The topological polar surface area (TPSA) is 53.7 Å². The van der Waals surface area contributed by atoms with Crippen LogP contribution in [0.1, 0.15) is 43.5 Å². The highest BCUT2D eigenvalue weighted by atomic mass is 127. The van der Waals surface area contributed by atoms with Crippen molar-refractivity contribution >= 4 is 35.6 Å². The van der Waals surface area contributed by atoms with Gasteiger partial charge in [-0.05, 0) is 31.9 Å². The molecule has 0 spiro atoms. The number of aryl methyl sites for hydroxylation is 1. The van der Waals surface area contributed by atoms with Crippen LogP contribution in [0.5, 0.6) is 0 Å². The Kier molecular flexibility index (Phi) is 6.68. The molecular formula is C17H26IN5. The van der Waals surface area contributed by atoms with Crippen LogP contribution in [0.4, 0.5) is 0 Å². The third-order valence-corrected chi connectivity index (χ3v) is 4.35. The molecule has 1 saturated carbocycles. The van der Waals surface area contributed by atoms with Gasteiger partial charge in [-0.25, -0.2) is 4.98 Å². The first-order valence-corrected chi connectivity index (χ1v) is 8.17. The fourth-order valence-electron chi connectivity index (χ4n) is 3.09. The summed E-state index contributed by atoms with van der Waals surface area (Å²) in [7, 11) is 1.83. The van der Waals surface area contributed by atoms with Crippen LogP contribution in [0.2, 0.25) is 0 Å². The first kappa shape index (κ1) is 18.0. The fourth-order valence-corrected chi connectivity index (χ4v) is 3.09. The highest BCUT2D eigenvalue weighted by Gasteiger charge is 2.14. The van der Waals surface area contributed by atoms with E-state index in [-0.39, 0.29) is 24.0 Å². The molecule has 0 saturated heterocycles. The average molecular weight is 427 g/mol. The number of aliphatic imine (C=N–C) groups is 1. The van der Waals surface area contributed by atoms with Crippen LogP contribution in [0.15, 0.2) is 29.4 Å². The van der Waals surface area contributed by atoms with Crippen LogP contribution in [-0.4, -0.2) is 28.4 Å². The van der Waals surface area contributed by atoms with Gasteiger partial charge in [-0.3, -0.25) is 4.99 Å². The maximum atomic E-state index is 4.64. The average Bonchev–Trinajstić information content (AvgIpc) is 2.97. The summed E-state index contributed by atoms with van der Waals surface area (Å²) in [5.74, 6) is 0.876. The second-order valence-electron chi connectivity index (χ2n) is 6.03. The standard InChI is InChI=1S/C17H25N5.HI/c1-13-7-6-10-16-20-15(12-22(13)16)11-19-17(18-2)21-14-8-4-3-5-9-14;/h6-7,10,12,14H,3-5,8-9,11H2,1-2H3,(H2,18,19,21);1H. The molecule has 126 valence electrons. The van der Waals surface area contributed by atoms with E-state index in [0.29, 0.717) is 12.6 Å². The summed E-state index contributed by atoms with van der Waals surface area (Å²) in [5, 5.41) is 6.90. The van der Waals surface area contributed by atoms with Crippen LogP contribution >= 0.6 is 24.0 Å². The minimum atomic E-state index is 0. The van der Waals surface area contributed by atoms with Crippen LogP contribution in [0.3, 0.4) is 0 Å². The molecule has 3 rings (SSSR count). The normalized spacial score (nSPS) is 16.2. The number of pyridine rings is 1. The minimum absolute atomic E-state index is 0. The fraction of sp³-hybridized carbons (Fsp3) is 0.529. The van der Waals surface area contributed by atoms with Crippen molar-refractivity contribution in [3.63, 3.8) is 0 Å². The number of imidazole rings is 1. The monoisotopic (exact) mass is 427 g/mol. The largest absolute Gasteiger partial charge is 0.354 e. The summed E-state index contributed by atoms with van der Waals surface area (Å²) in [4.78, 5) is 8.97. The molecule has 1 fully saturated rings. The van der Waals surface area contributed by atoms with Crippen LogP contribution < -0.4 is 10.6 Å². The third kappa shape index (κ3) is 4.59. The Morgan fingerprint density at radius 2 is 2.09 bits per heavy atom. The molecule has 0 amide bonds. The van der Waals surface area contributed by atoms with Crippen molar-refractivity contribution in [1.82, 2.24) is 20.0 Å². The van der Waals surface area contributed by atoms with Gasteiger partial charge in [0.1, 0.15) is 5.65 Å². The van der Waals surface area contributed by atoms with Crippen molar-refractivity contribution in [2.45, 2.75) is 51.6 Å². The summed E-state index contributed by atoms with van der Waals surface area (Å²) in [6.45, 7) is 2.78. The van der Waals surface area contributed by atoms with E-state index < -0.39 is 0 Å². The predicted molar refractivity (Wildman–Crippen MR) is 106 cm³/mol. The molecule has 0 radical (unpaired) electrons. The lowest BCUT2D eigenvalue weighted by molar-refractivity contribution is 0.410. The van der Waals surface area contributed by atoms with Gasteiger partial charge in [-0.2, -0.15) is 0 Å². The summed E-state index contributed by atoms with van der Waals surface area (Å²) in [6.07, 6.45) is 8.58. The van der Waals surface area contributed by atoms with Crippen molar-refractivity contribution in [3.05, 3.63) is 35.8 Å². The van der Waals surface area contributed by atoms with Crippen molar-refractivity contribution in [3.8, 4) is 0 Å². The Labute approximate surface area is 155 Å². The number of nitrogens with one attached hydrogen (secondary N) is 2. The van der Waals surface area contributed by atoms with Gasteiger partial charge in [-0.1, -0.05) is 25.3 Å². The highest BCUT2D eigenvalue weighted by molar-refractivity contribution is 14.0. The van der Waals surface area contributed by atoms with E-state index in [1.54, 1.807) is 0 Å². The maximum absolute atomic E-state index is 4.64. The number of hydrogen-bond donors (Lipinski definition) is 2. The molecule has 0 unspecified atom stereocenters. The lowest BCUT2D eigenvalue weighted by atomic mass is 9.96. The molecule has 0 atom stereocenters. The molecule has 5 nitrogen and oxygen atoms in total. The van der Waals surface area contributed by atoms with Crippen LogP contribution in [0, 0.1) is 6.92 Å². The smallest absolute Gasteiger partial charge is 0.191 e. The molecule has 0 bridgehead atoms. The number of halogens is 1. The van der Waals surface area contributed by atoms with Gasteiger partial charge in [0.05, 0.1) is 12.2 Å². The first-order chi connectivity index (χ1) is 10.8. The first-order valence-electron chi connectivity index (χ1n) is 8.17. The SMILES string of the molecule is CN=C(NCc1cn2c(C)cccc2n1)NC1CCCCC1.I. The van der Waals surface area contributed by atoms with Crippen molar-refractivity contribution in [1.29, 1.82) is 0 Å². The second kappa shape index (κ2) is 8.52. The number of nitrogens with zero attached hydrogens (tertiary/aromatic N) is 3. The Bertz CT molecular complexity index is 658. The van der Waals surface area contributed by atoms with Crippen molar-refractivity contribution < 1.29 is 0 Å². The molecule has 1 aliphatic carbocycles. The van der Waals surface area contributed by atoms with E-state index in [9.17, 15) is 0 Å². The lowest BCUT2D eigenvalue weighted by Gasteiger charge is -2.24. The van der Waals surface area contributed by atoms with E-state index >= 15 is 0 Å². The van der Waals surface area contributed by atoms with Gasteiger partial charge in [-0.15, -0.1) is 24.0 Å². The summed E-state index contributed by atoms with van der Waals surface area (Å²) >= 11 is 0. The molecule has 23 heavy (non-hydrogen) atoms. The summed E-state index contributed by atoms with van der Waals surface area (Å²) in [6, 6.07) is 6.72. The van der Waals surface area contributed by atoms with Gasteiger partial charge in [0.2, 0.25) is 0 Å². The second-order valence-corrected chi connectivity index (χ2v) is 6.03. The number of rotatable bonds is 3. The Hall–Kier alpha value is -1.31. The minimum Gasteiger partial charge on any atom is -0.354 e. The molecule has 2 heterocycles. The zero-order chi connectivity index (χ0) is 15.4. The Morgan fingerprint density at radius 1 is 1.30 bits per heavy atom. The predicted octanol–water partition coefficient (Wildman–Crippen LogP) is 3.26. The number of guanidine groups is 1. The lowest BCUT2D eigenvalue weighted by Crippen LogP contribution is -2.43. The Balaban J connectivity index is 0.00000192. The Morgan fingerprint density at radius 3 is 2.78 bits per heavy atom. The number of aromatic nitrogens is 2. The van der Waals surface area contributed by atoms with Gasteiger partial charge in [0, 0.05) is 25.0 Å². The summed E-state index contributed by atoms with van der Waals surface area (Å²) < 4.78 is 2.12. The molecule has 2 N–H and O–H groups in total. The zero-order valence-corrected chi connectivity index (χ0v) is 16.2. The van der Waals surface area contributed by atoms with Crippen LogP contribution in [0.25, 0.3) is 5.65 Å². The molecule has 2 aromatic rings. The third-order valence-electron chi connectivity index (χ3n) is 4.35. The number of hydrogen-bond acceptors (Lipinski definition) is 2. The molecule has 1 aliphatic rings. The molecule has 2 aromatic heterocycles. The van der Waals surface area contributed by atoms with Gasteiger partial charge in [0.15, 0.2) is 5.96 Å². The van der Waals surface area contributed by atoms with Gasteiger partial charge in [0.25, 0.3) is 0 Å². The van der Waals surface area contributed by atoms with E-state index in [4.69, 9.17) is 0 Å². The molecule has 0 aromatic carbocycles. The highest BCUT2D eigenvalue weighted by Crippen LogP contribution is 2.17. The molecule has 0 aliphatic heterocycles. The quantitative estimate of drug-likeness (QED) is 0.449.